The van der Waals surface area contributed by atoms with Crippen LogP contribution in [-0.4, -0.2) is 28.1 Å². The van der Waals surface area contributed by atoms with Gasteiger partial charge in [0, 0.05) is 18.6 Å². The highest BCUT2D eigenvalue weighted by molar-refractivity contribution is 7.91. The van der Waals surface area contributed by atoms with Crippen molar-refractivity contribution >= 4 is 19.9 Å². The molecule has 0 saturated carbocycles. The first-order chi connectivity index (χ1) is 10.3. The average Bonchev–Trinajstić information content (AvgIpc) is 2.47. The number of benzene rings is 1. The molecule has 0 unspecified atom stereocenters. The second kappa shape index (κ2) is 6.53. The van der Waals surface area contributed by atoms with E-state index in [9.17, 15) is 16.8 Å². The van der Waals surface area contributed by atoms with E-state index in [2.05, 4.69) is 4.98 Å². The van der Waals surface area contributed by atoms with E-state index < -0.39 is 19.9 Å². The van der Waals surface area contributed by atoms with E-state index in [1.807, 2.05) is 4.89 Å². The van der Waals surface area contributed by atoms with Crippen LogP contribution in [0.2, 0.25) is 0 Å². The lowest BCUT2D eigenvalue weighted by molar-refractivity contribution is 0.0793. The predicted octanol–water partition coefficient (Wildman–Crippen LogP) is 0.895. The van der Waals surface area contributed by atoms with E-state index in [1.165, 1.54) is 18.2 Å². The lowest BCUT2D eigenvalue weighted by Crippen LogP contribution is -2.24. The molecule has 118 valence electrons. The minimum Gasteiger partial charge on any atom is -0.282 e. The van der Waals surface area contributed by atoms with Gasteiger partial charge in [-0.1, -0.05) is 17.0 Å². The first-order valence-corrected chi connectivity index (χ1v) is 9.49. The van der Waals surface area contributed by atoms with Crippen molar-refractivity contribution in [2.75, 3.05) is 6.26 Å². The van der Waals surface area contributed by atoms with Gasteiger partial charge in [-0.25, -0.2) is 16.8 Å². The Morgan fingerprint density at radius 1 is 1.09 bits per heavy atom. The molecule has 0 aliphatic heterocycles. The Morgan fingerprint density at radius 3 is 2.45 bits per heavy atom. The molecule has 1 heterocycles. The number of nitrogens with zero attached hydrogens (tertiary/aromatic N) is 1. The van der Waals surface area contributed by atoms with E-state index in [4.69, 9.17) is 4.84 Å². The van der Waals surface area contributed by atoms with Gasteiger partial charge in [-0.2, -0.15) is 0 Å². The van der Waals surface area contributed by atoms with Crippen LogP contribution in [0.4, 0.5) is 0 Å². The molecule has 7 nitrogen and oxygen atoms in total. The topological polar surface area (TPSA) is 102 Å². The molecule has 9 heteroatoms. The van der Waals surface area contributed by atoms with Crippen molar-refractivity contribution in [2.24, 2.45) is 0 Å². The van der Waals surface area contributed by atoms with Crippen molar-refractivity contribution in [3.63, 3.8) is 0 Å². The summed E-state index contributed by atoms with van der Waals surface area (Å²) in [5, 5.41) is 0. The van der Waals surface area contributed by atoms with Gasteiger partial charge >= 0.3 is 0 Å². The van der Waals surface area contributed by atoms with Crippen LogP contribution >= 0.6 is 0 Å². The Hall–Kier alpha value is -1.81. The fourth-order valence-electron chi connectivity index (χ4n) is 1.59. The molecule has 0 spiro atoms. The van der Waals surface area contributed by atoms with Crippen molar-refractivity contribution in [1.29, 1.82) is 0 Å². The Kier molecular flexibility index (Phi) is 4.91. The van der Waals surface area contributed by atoms with Gasteiger partial charge in [-0.15, -0.1) is 0 Å². The number of sulfonamides is 1. The number of rotatable bonds is 6. The van der Waals surface area contributed by atoms with E-state index >= 15 is 0 Å². The number of aromatic nitrogens is 1. The van der Waals surface area contributed by atoms with Gasteiger partial charge < -0.3 is 0 Å². The number of hydrogen-bond acceptors (Lipinski definition) is 6. The van der Waals surface area contributed by atoms with Crippen LogP contribution < -0.4 is 4.89 Å². The smallest absolute Gasteiger partial charge is 0.262 e. The third-order valence-corrected chi connectivity index (χ3v) is 5.00. The van der Waals surface area contributed by atoms with E-state index in [1.54, 1.807) is 24.5 Å². The van der Waals surface area contributed by atoms with Gasteiger partial charge in [-0.05, 0) is 29.8 Å². The monoisotopic (exact) mass is 342 g/mol. The highest BCUT2D eigenvalue weighted by Gasteiger charge is 2.17. The summed E-state index contributed by atoms with van der Waals surface area (Å²) >= 11 is 0. The fourth-order valence-corrected chi connectivity index (χ4v) is 3.19. The minimum absolute atomic E-state index is 0.00115. The van der Waals surface area contributed by atoms with Crippen LogP contribution in [0.1, 0.15) is 5.56 Å². The van der Waals surface area contributed by atoms with Crippen LogP contribution in [0.25, 0.3) is 0 Å². The van der Waals surface area contributed by atoms with E-state index in [0.717, 1.165) is 12.3 Å². The van der Waals surface area contributed by atoms with Crippen LogP contribution in [0.15, 0.2) is 58.6 Å². The minimum atomic E-state index is -3.97. The van der Waals surface area contributed by atoms with E-state index in [-0.39, 0.29) is 16.4 Å². The summed E-state index contributed by atoms with van der Waals surface area (Å²) in [6.07, 6.45) is 4.13. The molecule has 22 heavy (non-hydrogen) atoms. The van der Waals surface area contributed by atoms with Crippen LogP contribution in [0.5, 0.6) is 0 Å². The molecule has 0 atom stereocenters. The normalized spacial score (nSPS) is 12.2. The van der Waals surface area contributed by atoms with Crippen LogP contribution in [0.3, 0.4) is 0 Å². The molecule has 1 aromatic heterocycles. The summed E-state index contributed by atoms with van der Waals surface area (Å²) in [5.41, 5.74) is 0.690. The third-order valence-electron chi connectivity index (χ3n) is 2.67. The Balaban J connectivity index is 2.11. The number of pyridine rings is 1. The SMILES string of the molecule is CS(=O)(=O)c1cccc(S(=O)(=O)NOCc2cccnc2)c1. The first-order valence-electron chi connectivity index (χ1n) is 6.12. The van der Waals surface area contributed by atoms with Crippen molar-refractivity contribution in [3.05, 3.63) is 54.4 Å². The fraction of sp³-hybridized carbons (Fsp3) is 0.154. The number of sulfone groups is 1. The predicted molar refractivity (Wildman–Crippen MR) is 78.9 cm³/mol. The molecular formula is C13H14N2O5S2. The highest BCUT2D eigenvalue weighted by Crippen LogP contribution is 2.15. The van der Waals surface area contributed by atoms with Crippen molar-refractivity contribution in [1.82, 2.24) is 9.87 Å². The first kappa shape index (κ1) is 16.6. The molecule has 2 aromatic rings. The molecule has 0 fully saturated rings. The summed E-state index contributed by atoms with van der Waals surface area (Å²) in [6, 6.07) is 8.46. The van der Waals surface area contributed by atoms with Crippen molar-refractivity contribution in [3.8, 4) is 0 Å². The largest absolute Gasteiger partial charge is 0.282 e. The van der Waals surface area contributed by atoms with E-state index in [0.29, 0.717) is 5.56 Å². The quantitative estimate of drug-likeness (QED) is 0.782. The molecule has 0 amide bonds. The summed E-state index contributed by atoms with van der Waals surface area (Å²) in [5.74, 6) is 0. The molecule has 1 N–H and O–H groups in total. The van der Waals surface area contributed by atoms with Gasteiger partial charge in [0.2, 0.25) is 0 Å². The maximum Gasteiger partial charge on any atom is 0.262 e. The zero-order valence-corrected chi connectivity index (χ0v) is 13.3. The highest BCUT2D eigenvalue weighted by atomic mass is 32.2. The van der Waals surface area contributed by atoms with Gasteiger partial charge in [0.25, 0.3) is 10.0 Å². The summed E-state index contributed by atoms with van der Waals surface area (Å²) in [7, 11) is -7.46. The average molecular weight is 342 g/mol. The maximum atomic E-state index is 12.1. The maximum absolute atomic E-state index is 12.1. The van der Waals surface area contributed by atoms with Crippen molar-refractivity contribution in [2.45, 2.75) is 16.4 Å². The number of nitrogens with one attached hydrogen (secondary N) is 1. The van der Waals surface area contributed by atoms with Crippen LogP contribution in [0, 0.1) is 0 Å². The molecule has 1 aromatic carbocycles. The second-order valence-corrected chi connectivity index (χ2v) is 8.14. The lowest BCUT2D eigenvalue weighted by Gasteiger charge is -2.08. The van der Waals surface area contributed by atoms with Gasteiger partial charge in [0.05, 0.1) is 16.4 Å². The standard InChI is InChI=1S/C13H14N2O5S2/c1-21(16,17)12-5-2-6-13(8-12)22(18,19)15-20-10-11-4-3-7-14-9-11/h2-9,15H,10H2,1H3. The third kappa shape index (κ3) is 4.34. The van der Waals surface area contributed by atoms with Crippen molar-refractivity contribution < 1.29 is 21.7 Å². The lowest BCUT2D eigenvalue weighted by atomic mass is 10.3. The summed E-state index contributed by atoms with van der Waals surface area (Å²) in [6.45, 7) is -0.00115. The number of hydrogen-bond donors (Lipinski definition) is 1. The molecule has 0 aliphatic carbocycles. The Bertz CT molecular complexity index is 849. The Labute approximate surface area is 128 Å². The zero-order chi connectivity index (χ0) is 16.2. The van der Waals surface area contributed by atoms with Gasteiger partial charge in [0.15, 0.2) is 9.84 Å². The van der Waals surface area contributed by atoms with Gasteiger partial charge in [0.1, 0.15) is 0 Å². The molecule has 2 rings (SSSR count). The van der Waals surface area contributed by atoms with Crippen LogP contribution in [-0.2, 0) is 31.3 Å². The molecular weight excluding hydrogens is 328 g/mol. The molecule has 0 radical (unpaired) electrons. The summed E-state index contributed by atoms with van der Waals surface area (Å²) in [4.78, 5) is 10.5. The van der Waals surface area contributed by atoms with Gasteiger partial charge in [-0.3, -0.25) is 9.82 Å². The summed E-state index contributed by atoms with van der Waals surface area (Å²) < 4.78 is 47.0. The zero-order valence-electron chi connectivity index (χ0n) is 11.6. The second-order valence-electron chi connectivity index (χ2n) is 4.48. The molecule has 0 aliphatic rings. The Morgan fingerprint density at radius 2 is 1.82 bits per heavy atom. The molecule has 0 saturated heterocycles. The molecule has 0 bridgehead atoms.